The molecule has 0 bridgehead atoms. The van der Waals surface area contributed by atoms with Gasteiger partial charge >= 0.3 is 0 Å². The fourth-order valence-corrected chi connectivity index (χ4v) is 4.81. The van der Waals surface area contributed by atoms with Crippen LogP contribution in [-0.2, 0) is 9.47 Å². The second-order valence-electron chi connectivity index (χ2n) is 5.66. The Morgan fingerprint density at radius 3 is 1.55 bits per heavy atom. The molecule has 3 heteroatoms. The second kappa shape index (κ2) is 6.86. The minimum Gasteiger partial charge on any atom is -0.353 e. The SMILES string of the molecule is COC1(OC)CC(c2ccccc2)SC(c2ccccc2)C1. The van der Waals surface area contributed by atoms with Crippen LogP contribution >= 0.6 is 11.8 Å². The van der Waals surface area contributed by atoms with Crippen molar-refractivity contribution < 1.29 is 9.47 Å². The van der Waals surface area contributed by atoms with E-state index >= 15 is 0 Å². The Labute approximate surface area is 136 Å². The van der Waals surface area contributed by atoms with Crippen molar-refractivity contribution in [1.82, 2.24) is 0 Å². The van der Waals surface area contributed by atoms with Gasteiger partial charge in [0.1, 0.15) is 0 Å². The summed E-state index contributed by atoms with van der Waals surface area (Å²) in [5.41, 5.74) is 2.68. The summed E-state index contributed by atoms with van der Waals surface area (Å²) in [4.78, 5) is 0. The highest BCUT2D eigenvalue weighted by Gasteiger charge is 2.42. The predicted octanol–water partition coefficient (Wildman–Crippen LogP) is 4.99. The van der Waals surface area contributed by atoms with E-state index < -0.39 is 5.79 Å². The van der Waals surface area contributed by atoms with Gasteiger partial charge in [0.05, 0.1) is 0 Å². The highest BCUT2D eigenvalue weighted by atomic mass is 32.2. The van der Waals surface area contributed by atoms with Crippen LogP contribution in [0.3, 0.4) is 0 Å². The van der Waals surface area contributed by atoms with Gasteiger partial charge in [-0.25, -0.2) is 0 Å². The number of methoxy groups -OCH3 is 2. The summed E-state index contributed by atoms with van der Waals surface area (Å²) in [5, 5.41) is 0.750. The highest BCUT2D eigenvalue weighted by Crippen LogP contribution is 2.54. The molecule has 2 aromatic rings. The lowest BCUT2D eigenvalue weighted by atomic mass is 9.96. The summed E-state index contributed by atoms with van der Waals surface area (Å²) >= 11 is 2.01. The number of benzene rings is 2. The summed E-state index contributed by atoms with van der Waals surface area (Å²) in [6, 6.07) is 21.3. The molecule has 1 aliphatic heterocycles. The molecule has 1 fully saturated rings. The molecule has 0 radical (unpaired) electrons. The molecule has 3 rings (SSSR count). The van der Waals surface area contributed by atoms with Crippen LogP contribution in [0.1, 0.15) is 34.5 Å². The third-order valence-electron chi connectivity index (χ3n) is 4.41. The zero-order valence-corrected chi connectivity index (χ0v) is 13.9. The summed E-state index contributed by atoms with van der Waals surface area (Å²) in [6.07, 6.45) is 1.75. The number of ether oxygens (including phenoxy) is 2. The highest BCUT2D eigenvalue weighted by molar-refractivity contribution is 7.99. The molecule has 2 atom stereocenters. The van der Waals surface area contributed by atoms with Gasteiger partial charge in [0.25, 0.3) is 0 Å². The molecule has 0 aromatic heterocycles. The molecule has 1 aliphatic rings. The van der Waals surface area contributed by atoms with Crippen LogP contribution in [0.4, 0.5) is 0 Å². The van der Waals surface area contributed by atoms with Crippen molar-refractivity contribution in [3.05, 3.63) is 71.8 Å². The number of rotatable bonds is 4. The Hall–Kier alpha value is -1.29. The first-order valence-corrected chi connectivity index (χ1v) is 8.56. The average Bonchev–Trinajstić information content (AvgIpc) is 2.62. The van der Waals surface area contributed by atoms with Crippen molar-refractivity contribution in [2.45, 2.75) is 29.1 Å². The average molecular weight is 314 g/mol. The first-order valence-electron chi connectivity index (χ1n) is 7.62. The maximum atomic E-state index is 5.80. The fraction of sp³-hybridized carbons (Fsp3) is 0.368. The summed E-state index contributed by atoms with van der Waals surface area (Å²) in [6.45, 7) is 0. The van der Waals surface area contributed by atoms with Gasteiger partial charge in [-0.3, -0.25) is 0 Å². The summed E-state index contributed by atoms with van der Waals surface area (Å²) < 4.78 is 11.6. The quantitative estimate of drug-likeness (QED) is 0.741. The predicted molar refractivity (Wildman–Crippen MR) is 91.9 cm³/mol. The van der Waals surface area contributed by atoms with Gasteiger partial charge in [-0.2, -0.15) is 0 Å². The van der Waals surface area contributed by atoms with Crippen LogP contribution < -0.4 is 0 Å². The lowest BCUT2D eigenvalue weighted by Crippen LogP contribution is -2.39. The van der Waals surface area contributed by atoms with E-state index in [0.717, 1.165) is 12.8 Å². The molecule has 2 unspecified atom stereocenters. The molecule has 116 valence electrons. The molecule has 22 heavy (non-hydrogen) atoms. The largest absolute Gasteiger partial charge is 0.353 e. The van der Waals surface area contributed by atoms with Gasteiger partial charge in [0, 0.05) is 37.6 Å². The van der Waals surface area contributed by atoms with Gasteiger partial charge in [0.2, 0.25) is 0 Å². The van der Waals surface area contributed by atoms with Crippen LogP contribution in [-0.4, -0.2) is 20.0 Å². The van der Waals surface area contributed by atoms with E-state index in [0.29, 0.717) is 10.5 Å². The number of hydrogen-bond donors (Lipinski definition) is 0. The molecule has 1 heterocycles. The molecule has 0 saturated carbocycles. The van der Waals surface area contributed by atoms with Crippen molar-refractivity contribution in [3.8, 4) is 0 Å². The van der Waals surface area contributed by atoms with Gasteiger partial charge in [-0.1, -0.05) is 60.7 Å². The van der Waals surface area contributed by atoms with Crippen LogP contribution in [0.15, 0.2) is 60.7 Å². The number of hydrogen-bond acceptors (Lipinski definition) is 3. The van der Waals surface area contributed by atoms with E-state index in [-0.39, 0.29) is 0 Å². The third-order valence-corrected chi connectivity index (χ3v) is 5.94. The zero-order valence-electron chi connectivity index (χ0n) is 13.1. The fourth-order valence-electron chi connectivity index (χ4n) is 3.09. The Morgan fingerprint density at radius 1 is 0.773 bits per heavy atom. The van der Waals surface area contributed by atoms with Gasteiger partial charge < -0.3 is 9.47 Å². The lowest BCUT2D eigenvalue weighted by Gasteiger charge is -2.42. The van der Waals surface area contributed by atoms with Crippen molar-refractivity contribution in [3.63, 3.8) is 0 Å². The van der Waals surface area contributed by atoms with E-state index in [2.05, 4.69) is 60.7 Å². The first kappa shape index (κ1) is 15.6. The normalized spacial score (nSPS) is 24.1. The Morgan fingerprint density at radius 2 is 1.18 bits per heavy atom. The van der Waals surface area contributed by atoms with Crippen molar-refractivity contribution in [2.24, 2.45) is 0 Å². The van der Waals surface area contributed by atoms with E-state index in [1.807, 2.05) is 11.8 Å². The molecule has 1 saturated heterocycles. The molecular formula is C19H22O2S. The van der Waals surface area contributed by atoms with Crippen LogP contribution in [0.25, 0.3) is 0 Å². The minimum absolute atomic E-state index is 0.375. The monoisotopic (exact) mass is 314 g/mol. The van der Waals surface area contributed by atoms with E-state index in [1.54, 1.807) is 14.2 Å². The zero-order chi connectivity index (χ0) is 15.4. The third kappa shape index (κ3) is 3.22. The summed E-state index contributed by atoms with van der Waals surface area (Å²) in [5.74, 6) is -0.508. The lowest BCUT2D eigenvalue weighted by molar-refractivity contribution is -0.217. The van der Waals surface area contributed by atoms with Gasteiger partial charge in [0.15, 0.2) is 5.79 Å². The molecule has 0 aliphatic carbocycles. The van der Waals surface area contributed by atoms with E-state index in [4.69, 9.17) is 9.47 Å². The van der Waals surface area contributed by atoms with Gasteiger partial charge in [-0.05, 0) is 11.1 Å². The molecule has 0 N–H and O–H groups in total. The molecule has 2 aromatic carbocycles. The van der Waals surface area contributed by atoms with E-state index in [9.17, 15) is 0 Å². The van der Waals surface area contributed by atoms with Crippen LogP contribution in [0.2, 0.25) is 0 Å². The maximum absolute atomic E-state index is 5.80. The van der Waals surface area contributed by atoms with Crippen molar-refractivity contribution in [1.29, 1.82) is 0 Å². The van der Waals surface area contributed by atoms with E-state index in [1.165, 1.54) is 11.1 Å². The van der Waals surface area contributed by atoms with Crippen LogP contribution in [0, 0.1) is 0 Å². The standard InChI is InChI=1S/C19H22O2S/c1-20-19(21-2)13-17(15-9-5-3-6-10-15)22-18(14-19)16-11-7-4-8-12-16/h3-12,17-18H,13-14H2,1-2H3. The summed E-state index contributed by atoms with van der Waals surface area (Å²) in [7, 11) is 3.51. The Bertz CT molecular complexity index is 531. The maximum Gasteiger partial charge on any atom is 0.170 e. The topological polar surface area (TPSA) is 18.5 Å². The minimum atomic E-state index is -0.508. The molecular weight excluding hydrogens is 292 g/mol. The smallest absolute Gasteiger partial charge is 0.170 e. The van der Waals surface area contributed by atoms with Gasteiger partial charge in [-0.15, -0.1) is 11.8 Å². The first-order chi connectivity index (χ1) is 10.8. The molecule has 0 amide bonds. The van der Waals surface area contributed by atoms with Crippen molar-refractivity contribution in [2.75, 3.05) is 14.2 Å². The Balaban J connectivity index is 1.92. The number of thioether (sulfide) groups is 1. The van der Waals surface area contributed by atoms with Crippen molar-refractivity contribution >= 4 is 11.8 Å². The molecule has 0 spiro atoms. The molecule has 2 nitrogen and oxygen atoms in total. The Kier molecular flexibility index (Phi) is 4.87. The van der Waals surface area contributed by atoms with Crippen LogP contribution in [0.5, 0.6) is 0 Å². The second-order valence-corrected chi connectivity index (χ2v) is 7.07.